The molecule has 0 spiro atoms. The lowest BCUT2D eigenvalue weighted by atomic mass is 9.68. The van der Waals surface area contributed by atoms with Crippen molar-refractivity contribution in [3.63, 3.8) is 0 Å². The van der Waals surface area contributed by atoms with E-state index in [2.05, 4.69) is 48.7 Å². The number of hydrogen-bond acceptors (Lipinski definition) is 2. The smallest absolute Gasteiger partial charge is 0.223 e. The summed E-state index contributed by atoms with van der Waals surface area (Å²) in [5.74, 6) is 0.425. The predicted molar refractivity (Wildman–Crippen MR) is 86.3 cm³/mol. The van der Waals surface area contributed by atoms with Crippen molar-refractivity contribution in [2.24, 2.45) is 11.3 Å². The molecule has 2 aliphatic rings. The average molecular weight is 286 g/mol. The van der Waals surface area contributed by atoms with Crippen LogP contribution < -0.4 is 10.6 Å². The largest absolute Gasteiger partial charge is 0.383 e. The summed E-state index contributed by atoms with van der Waals surface area (Å²) >= 11 is 0. The van der Waals surface area contributed by atoms with E-state index in [1.165, 1.54) is 24.1 Å². The molecule has 1 aliphatic heterocycles. The number of para-hydroxylation sites is 1. The van der Waals surface area contributed by atoms with Gasteiger partial charge >= 0.3 is 0 Å². The van der Waals surface area contributed by atoms with Gasteiger partial charge in [-0.2, -0.15) is 0 Å². The zero-order valence-corrected chi connectivity index (χ0v) is 13.1. The summed E-state index contributed by atoms with van der Waals surface area (Å²) in [6.45, 7) is 5.31. The Labute approximate surface area is 127 Å². The van der Waals surface area contributed by atoms with Crippen LogP contribution in [0.25, 0.3) is 0 Å². The van der Waals surface area contributed by atoms with Gasteiger partial charge in [-0.25, -0.2) is 0 Å². The Morgan fingerprint density at radius 1 is 1.29 bits per heavy atom. The standard InChI is InChI=1S/C18H26N2O/c1-18(2)10-6-5-8-15(18)17(21)20-14-11-13-7-3-4-9-16(13)19-12-14/h3-4,7,9,14-15,19H,5-6,8,10-12H2,1-2H3,(H,20,21). The molecule has 1 aliphatic carbocycles. The molecule has 1 heterocycles. The molecule has 0 bridgehead atoms. The van der Waals surface area contributed by atoms with Crippen LogP contribution in [0.3, 0.4) is 0 Å². The van der Waals surface area contributed by atoms with E-state index in [1.807, 2.05) is 0 Å². The Hall–Kier alpha value is -1.51. The van der Waals surface area contributed by atoms with Gasteiger partial charge in [0.25, 0.3) is 0 Å². The highest BCUT2D eigenvalue weighted by Crippen LogP contribution is 2.40. The maximum absolute atomic E-state index is 12.7. The van der Waals surface area contributed by atoms with Gasteiger partial charge in [0.2, 0.25) is 5.91 Å². The Kier molecular flexibility index (Phi) is 3.92. The zero-order valence-electron chi connectivity index (χ0n) is 13.1. The van der Waals surface area contributed by atoms with Crippen molar-refractivity contribution in [3.8, 4) is 0 Å². The molecule has 114 valence electrons. The van der Waals surface area contributed by atoms with Gasteiger partial charge in [-0.15, -0.1) is 0 Å². The minimum Gasteiger partial charge on any atom is -0.383 e. The summed E-state index contributed by atoms with van der Waals surface area (Å²) in [5.41, 5.74) is 2.65. The Morgan fingerprint density at radius 2 is 2.10 bits per heavy atom. The first kappa shape index (κ1) is 14.4. The SMILES string of the molecule is CC1(C)CCCCC1C(=O)NC1CNc2ccccc2C1. The molecule has 2 unspecified atom stereocenters. The van der Waals surface area contributed by atoms with Gasteiger partial charge in [0, 0.05) is 18.2 Å². The monoisotopic (exact) mass is 286 g/mol. The minimum atomic E-state index is 0.141. The van der Waals surface area contributed by atoms with Crippen molar-refractivity contribution in [1.82, 2.24) is 5.32 Å². The van der Waals surface area contributed by atoms with Crippen LogP contribution in [0.15, 0.2) is 24.3 Å². The second-order valence-corrected chi connectivity index (χ2v) is 7.23. The molecule has 1 amide bonds. The third kappa shape index (κ3) is 3.07. The Morgan fingerprint density at radius 3 is 2.90 bits per heavy atom. The molecule has 2 atom stereocenters. The molecular weight excluding hydrogens is 260 g/mol. The molecule has 1 aromatic carbocycles. The number of anilines is 1. The van der Waals surface area contributed by atoms with Crippen LogP contribution in [-0.4, -0.2) is 18.5 Å². The highest BCUT2D eigenvalue weighted by molar-refractivity contribution is 5.80. The number of rotatable bonds is 2. The fourth-order valence-corrected chi connectivity index (χ4v) is 3.83. The highest BCUT2D eigenvalue weighted by atomic mass is 16.2. The van der Waals surface area contributed by atoms with Crippen molar-refractivity contribution >= 4 is 11.6 Å². The van der Waals surface area contributed by atoms with Crippen molar-refractivity contribution < 1.29 is 4.79 Å². The first-order valence-corrected chi connectivity index (χ1v) is 8.18. The van der Waals surface area contributed by atoms with Gasteiger partial charge in [-0.3, -0.25) is 4.79 Å². The van der Waals surface area contributed by atoms with Crippen LogP contribution in [0.1, 0.15) is 45.1 Å². The van der Waals surface area contributed by atoms with Crippen molar-refractivity contribution in [2.45, 2.75) is 52.0 Å². The van der Waals surface area contributed by atoms with Gasteiger partial charge in [0.15, 0.2) is 0 Å². The molecule has 2 N–H and O–H groups in total. The number of carbonyl (C=O) groups is 1. The summed E-state index contributed by atoms with van der Waals surface area (Å²) in [5, 5.41) is 6.71. The topological polar surface area (TPSA) is 41.1 Å². The number of nitrogens with one attached hydrogen (secondary N) is 2. The van der Waals surface area contributed by atoms with E-state index >= 15 is 0 Å². The van der Waals surface area contributed by atoms with E-state index in [9.17, 15) is 4.79 Å². The number of hydrogen-bond donors (Lipinski definition) is 2. The first-order valence-electron chi connectivity index (χ1n) is 8.18. The van der Waals surface area contributed by atoms with E-state index < -0.39 is 0 Å². The van der Waals surface area contributed by atoms with Gasteiger partial charge < -0.3 is 10.6 Å². The van der Waals surface area contributed by atoms with E-state index in [-0.39, 0.29) is 23.3 Å². The summed E-state index contributed by atoms with van der Waals surface area (Å²) in [4.78, 5) is 12.7. The molecule has 1 saturated carbocycles. The fourth-order valence-electron chi connectivity index (χ4n) is 3.83. The fraction of sp³-hybridized carbons (Fsp3) is 0.611. The molecule has 0 saturated heterocycles. The summed E-state index contributed by atoms with van der Waals surface area (Å²) < 4.78 is 0. The zero-order chi connectivity index (χ0) is 14.9. The predicted octanol–water partition coefficient (Wildman–Crippen LogP) is 3.36. The van der Waals surface area contributed by atoms with Crippen LogP contribution in [0, 0.1) is 11.3 Å². The molecule has 0 radical (unpaired) electrons. The Bertz CT molecular complexity index is 524. The molecule has 21 heavy (non-hydrogen) atoms. The van der Waals surface area contributed by atoms with Crippen molar-refractivity contribution in [3.05, 3.63) is 29.8 Å². The van der Waals surface area contributed by atoms with Gasteiger partial charge in [0.05, 0.1) is 6.04 Å². The average Bonchev–Trinajstić information content (AvgIpc) is 2.46. The molecule has 3 rings (SSSR count). The minimum absolute atomic E-state index is 0.141. The summed E-state index contributed by atoms with van der Waals surface area (Å²) in [6, 6.07) is 8.58. The van der Waals surface area contributed by atoms with E-state index in [4.69, 9.17) is 0 Å². The summed E-state index contributed by atoms with van der Waals surface area (Å²) in [6.07, 6.45) is 5.58. The maximum atomic E-state index is 12.7. The first-order chi connectivity index (χ1) is 10.1. The number of carbonyl (C=O) groups excluding carboxylic acids is 1. The third-order valence-corrected chi connectivity index (χ3v) is 5.19. The van der Waals surface area contributed by atoms with Gasteiger partial charge in [-0.05, 0) is 36.3 Å². The molecular formula is C18H26N2O. The van der Waals surface area contributed by atoms with Gasteiger partial charge in [-0.1, -0.05) is 44.9 Å². The lowest BCUT2D eigenvalue weighted by molar-refractivity contribution is -0.130. The number of benzene rings is 1. The lowest BCUT2D eigenvalue weighted by Crippen LogP contribution is -2.49. The molecule has 0 aromatic heterocycles. The number of fused-ring (bicyclic) bond motifs is 1. The molecule has 1 aromatic rings. The van der Waals surface area contributed by atoms with Crippen LogP contribution in [0.4, 0.5) is 5.69 Å². The van der Waals surface area contributed by atoms with E-state index in [1.54, 1.807) is 0 Å². The molecule has 1 fully saturated rings. The van der Waals surface area contributed by atoms with E-state index in [0.29, 0.717) is 0 Å². The van der Waals surface area contributed by atoms with Crippen molar-refractivity contribution in [1.29, 1.82) is 0 Å². The highest BCUT2D eigenvalue weighted by Gasteiger charge is 2.37. The molecule has 3 heteroatoms. The third-order valence-electron chi connectivity index (χ3n) is 5.19. The van der Waals surface area contributed by atoms with E-state index in [0.717, 1.165) is 25.8 Å². The number of amides is 1. The second kappa shape index (κ2) is 5.70. The normalized spacial score (nSPS) is 27.3. The van der Waals surface area contributed by atoms with Gasteiger partial charge in [0.1, 0.15) is 0 Å². The Balaban J connectivity index is 1.63. The van der Waals surface area contributed by atoms with Crippen LogP contribution in [0.2, 0.25) is 0 Å². The summed E-state index contributed by atoms with van der Waals surface area (Å²) in [7, 11) is 0. The van der Waals surface area contributed by atoms with Crippen LogP contribution in [-0.2, 0) is 11.2 Å². The van der Waals surface area contributed by atoms with Crippen LogP contribution in [0.5, 0.6) is 0 Å². The maximum Gasteiger partial charge on any atom is 0.223 e. The quantitative estimate of drug-likeness (QED) is 0.875. The van der Waals surface area contributed by atoms with Crippen LogP contribution >= 0.6 is 0 Å². The molecule has 3 nitrogen and oxygen atoms in total. The van der Waals surface area contributed by atoms with Crippen molar-refractivity contribution in [2.75, 3.05) is 11.9 Å². The second-order valence-electron chi connectivity index (χ2n) is 7.23. The lowest BCUT2D eigenvalue weighted by Gasteiger charge is -2.38.